The van der Waals surface area contributed by atoms with Gasteiger partial charge in [0, 0.05) is 0 Å². The van der Waals surface area contributed by atoms with Crippen LogP contribution in [0, 0.1) is 0 Å². The first-order chi connectivity index (χ1) is 8.74. The largest absolute Gasteiger partial charge is 0.506 e. The number of rotatable bonds is 4. The van der Waals surface area contributed by atoms with Crippen LogP contribution in [0.3, 0.4) is 0 Å². The molecule has 0 saturated carbocycles. The fourth-order valence-corrected chi connectivity index (χ4v) is 1.42. The second kappa shape index (κ2) is 5.72. The first-order valence-electron chi connectivity index (χ1n) is 5.41. The van der Waals surface area contributed by atoms with Crippen LogP contribution in [-0.4, -0.2) is 11.3 Å². The quantitative estimate of drug-likeness (QED) is 0.833. The fraction of sp³-hybridized carbons (Fsp3) is 0.0714. The molecule has 2 aromatic rings. The van der Waals surface area contributed by atoms with Gasteiger partial charge in [0.25, 0.3) is 0 Å². The van der Waals surface area contributed by atoms with E-state index < -0.39 is 6.16 Å². The number of hydrogen-bond donors (Lipinski definition) is 1. The highest BCUT2D eigenvalue weighted by molar-refractivity contribution is 5.56. The Morgan fingerprint density at radius 1 is 0.944 bits per heavy atom. The van der Waals surface area contributed by atoms with E-state index in [4.69, 9.17) is 9.84 Å². The second-order valence-electron chi connectivity index (χ2n) is 3.61. The molecule has 92 valence electrons. The molecule has 0 amide bonds. The third-order valence-electron chi connectivity index (χ3n) is 2.26. The van der Waals surface area contributed by atoms with Gasteiger partial charge in [0.1, 0.15) is 18.1 Å². The smallest absolute Gasteiger partial charge is 0.457 e. The topological polar surface area (TPSA) is 55.8 Å². The lowest BCUT2D eigenvalue weighted by molar-refractivity contribution is 0.0854. The van der Waals surface area contributed by atoms with Crippen LogP contribution in [0.5, 0.6) is 11.5 Å². The van der Waals surface area contributed by atoms with Crippen molar-refractivity contribution >= 4 is 6.16 Å². The van der Waals surface area contributed by atoms with Gasteiger partial charge in [-0.1, -0.05) is 30.3 Å². The number of carboxylic acid groups (broad SMARTS) is 1. The highest BCUT2D eigenvalue weighted by Gasteiger charge is 2.00. The van der Waals surface area contributed by atoms with E-state index in [1.165, 1.54) is 0 Å². The summed E-state index contributed by atoms with van der Waals surface area (Å²) in [5.74, 6) is 1.45. The van der Waals surface area contributed by atoms with Gasteiger partial charge in [-0.05, 0) is 29.8 Å². The molecule has 1 N–H and O–H groups in total. The van der Waals surface area contributed by atoms with Crippen LogP contribution >= 0.6 is 0 Å². The Morgan fingerprint density at radius 2 is 1.56 bits per heavy atom. The average Bonchev–Trinajstić information content (AvgIpc) is 2.39. The van der Waals surface area contributed by atoms with Crippen molar-refractivity contribution in [2.75, 3.05) is 0 Å². The molecule has 0 radical (unpaired) electrons. The first-order valence-corrected chi connectivity index (χ1v) is 5.41. The molecule has 0 aliphatic carbocycles. The normalized spacial score (nSPS) is 9.78. The molecular weight excluding hydrogens is 232 g/mol. The monoisotopic (exact) mass is 244 g/mol. The van der Waals surface area contributed by atoms with E-state index in [0.717, 1.165) is 11.3 Å². The molecule has 0 aliphatic rings. The minimum Gasteiger partial charge on any atom is -0.457 e. The van der Waals surface area contributed by atoms with Gasteiger partial charge in [0.2, 0.25) is 0 Å². The Bertz CT molecular complexity index is 505. The number of hydrogen-bond acceptors (Lipinski definition) is 3. The van der Waals surface area contributed by atoms with Crippen molar-refractivity contribution in [3.63, 3.8) is 0 Å². The number of ether oxygens (including phenoxy) is 2. The Kier molecular flexibility index (Phi) is 3.81. The van der Waals surface area contributed by atoms with Gasteiger partial charge in [0.05, 0.1) is 0 Å². The summed E-state index contributed by atoms with van der Waals surface area (Å²) in [6.07, 6.45) is -1.28. The van der Waals surface area contributed by atoms with Crippen molar-refractivity contribution in [3.05, 3.63) is 60.2 Å². The van der Waals surface area contributed by atoms with E-state index in [2.05, 4.69) is 4.74 Å². The molecule has 2 aromatic carbocycles. The van der Waals surface area contributed by atoms with Gasteiger partial charge < -0.3 is 14.6 Å². The lowest BCUT2D eigenvalue weighted by Crippen LogP contribution is -1.99. The molecule has 0 bridgehead atoms. The number of benzene rings is 2. The molecule has 2 rings (SSSR count). The fourth-order valence-electron chi connectivity index (χ4n) is 1.42. The van der Waals surface area contributed by atoms with Crippen LogP contribution in [0.2, 0.25) is 0 Å². The summed E-state index contributed by atoms with van der Waals surface area (Å²) in [5, 5.41) is 8.38. The zero-order valence-electron chi connectivity index (χ0n) is 9.58. The zero-order valence-corrected chi connectivity index (χ0v) is 9.58. The maximum Gasteiger partial charge on any atom is 0.506 e. The standard InChI is InChI=1S/C14H12O4/c15-14(16)17-10-11-6-8-13(9-7-11)18-12-4-2-1-3-5-12/h1-9H,10H2,(H,15,16). The molecule has 0 heterocycles. The van der Waals surface area contributed by atoms with Crippen LogP contribution < -0.4 is 4.74 Å². The maximum absolute atomic E-state index is 10.2. The summed E-state index contributed by atoms with van der Waals surface area (Å²) in [6.45, 7) is 0.0426. The Labute approximate surface area is 104 Å². The Morgan fingerprint density at radius 3 is 2.17 bits per heavy atom. The minimum absolute atomic E-state index is 0.0426. The molecular formula is C14H12O4. The summed E-state index contributed by atoms with van der Waals surface area (Å²) in [6, 6.07) is 16.5. The van der Waals surface area contributed by atoms with E-state index in [1.54, 1.807) is 24.3 Å². The van der Waals surface area contributed by atoms with Gasteiger partial charge in [-0.3, -0.25) is 0 Å². The van der Waals surface area contributed by atoms with E-state index in [-0.39, 0.29) is 6.61 Å². The lowest BCUT2D eigenvalue weighted by atomic mass is 10.2. The molecule has 0 aromatic heterocycles. The third-order valence-corrected chi connectivity index (χ3v) is 2.26. The number of para-hydroxylation sites is 1. The lowest BCUT2D eigenvalue weighted by Gasteiger charge is -2.06. The second-order valence-corrected chi connectivity index (χ2v) is 3.61. The molecule has 4 nitrogen and oxygen atoms in total. The van der Waals surface area contributed by atoms with Gasteiger partial charge in [-0.15, -0.1) is 0 Å². The molecule has 18 heavy (non-hydrogen) atoms. The molecule has 0 spiro atoms. The molecule has 0 fully saturated rings. The molecule has 0 unspecified atom stereocenters. The predicted molar refractivity (Wildman–Crippen MR) is 65.8 cm³/mol. The zero-order chi connectivity index (χ0) is 12.8. The van der Waals surface area contributed by atoms with Gasteiger partial charge in [-0.2, -0.15) is 0 Å². The summed E-state index contributed by atoms with van der Waals surface area (Å²) >= 11 is 0. The van der Waals surface area contributed by atoms with E-state index in [0.29, 0.717) is 5.75 Å². The van der Waals surface area contributed by atoms with Crippen molar-refractivity contribution in [1.29, 1.82) is 0 Å². The third kappa shape index (κ3) is 3.52. The van der Waals surface area contributed by atoms with E-state index >= 15 is 0 Å². The van der Waals surface area contributed by atoms with E-state index in [9.17, 15) is 4.79 Å². The summed E-state index contributed by atoms with van der Waals surface area (Å²) in [7, 11) is 0. The molecule has 4 heteroatoms. The highest BCUT2D eigenvalue weighted by atomic mass is 16.7. The predicted octanol–water partition coefficient (Wildman–Crippen LogP) is 3.67. The van der Waals surface area contributed by atoms with Crippen LogP contribution in [0.1, 0.15) is 5.56 Å². The first kappa shape index (κ1) is 12.0. The summed E-state index contributed by atoms with van der Waals surface area (Å²) in [5.41, 5.74) is 0.776. The SMILES string of the molecule is O=C(O)OCc1ccc(Oc2ccccc2)cc1. The van der Waals surface area contributed by atoms with Gasteiger partial charge in [-0.25, -0.2) is 4.79 Å². The van der Waals surface area contributed by atoms with Crippen molar-refractivity contribution in [2.45, 2.75) is 6.61 Å². The summed E-state index contributed by atoms with van der Waals surface area (Å²) < 4.78 is 10.1. The summed E-state index contributed by atoms with van der Waals surface area (Å²) in [4.78, 5) is 10.2. The molecule has 0 atom stereocenters. The van der Waals surface area contributed by atoms with Crippen LogP contribution in [0.15, 0.2) is 54.6 Å². The van der Waals surface area contributed by atoms with Crippen molar-refractivity contribution in [3.8, 4) is 11.5 Å². The molecule has 0 saturated heterocycles. The highest BCUT2D eigenvalue weighted by Crippen LogP contribution is 2.21. The van der Waals surface area contributed by atoms with Crippen LogP contribution in [0.4, 0.5) is 4.79 Å². The van der Waals surface area contributed by atoms with Gasteiger partial charge in [0.15, 0.2) is 0 Å². The van der Waals surface area contributed by atoms with Crippen LogP contribution in [0.25, 0.3) is 0 Å². The van der Waals surface area contributed by atoms with Crippen molar-refractivity contribution < 1.29 is 19.4 Å². The molecule has 0 aliphatic heterocycles. The van der Waals surface area contributed by atoms with Crippen LogP contribution in [-0.2, 0) is 11.3 Å². The Balaban J connectivity index is 1.97. The van der Waals surface area contributed by atoms with Gasteiger partial charge >= 0.3 is 6.16 Å². The number of carbonyl (C=O) groups is 1. The Hall–Kier alpha value is -2.49. The average molecular weight is 244 g/mol. The maximum atomic E-state index is 10.2. The van der Waals surface area contributed by atoms with E-state index in [1.807, 2.05) is 30.3 Å². The van der Waals surface area contributed by atoms with Crippen molar-refractivity contribution in [2.24, 2.45) is 0 Å². The minimum atomic E-state index is -1.28. The van der Waals surface area contributed by atoms with Crippen molar-refractivity contribution in [1.82, 2.24) is 0 Å².